The lowest BCUT2D eigenvalue weighted by molar-refractivity contribution is 0.0180. The van der Waals surface area contributed by atoms with Crippen molar-refractivity contribution < 1.29 is 37.5 Å². The first kappa shape index (κ1) is 75.1. The minimum Gasteiger partial charge on any atom is -0.349 e. The lowest BCUT2D eigenvalue weighted by Gasteiger charge is -2.22. The minimum atomic E-state index is -3.09. The van der Waals surface area contributed by atoms with E-state index in [9.17, 15) is 37.5 Å². The molecule has 10 aromatic carbocycles. The summed E-state index contributed by atoms with van der Waals surface area (Å²) in [6, 6.07) is 60.1. The van der Waals surface area contributed by atoms with Gasteiger partial charge in [0.25, 0.3) is 17.7 Å². The van der Waals surface area contributed by atoms with Gasteiger partial charge in [-0.3, -0.25) is 28.8 Å². The third kappa shape index (κ3) is 14.6. The van der Waals surface area contributed by atoms with E-state index in [2.05, 4.69) is 35.7 Å². The van der Waals surface area contributed by atoms with Crippen LogP contribution in [-0.4, -0.2) is 44.9 Å². The fourth-order valence-electron chi connectivity index (χ4n) is 12.3. The molecule has 1 aliphatic heterocycles. The molecule has 15 rings (SSSR count). The third-order valence-corrected chi connectivity index (χ3v) is 23.0. The SMILES string of the molecule is Cc1c(Cl)c(Cl)c2c(c1Cl)C(=O)C(c1ccc3cccc(N4C(=O)c5c(Cl)c(Cl)c(Cl)c(Cl)c5C4=O)c3n1)C2=O.O=C1c2cccc(Sc3ccccc3)c2C(=O)c2c(Sc3ccccc3)cccc21.[C-]#[N+]c1c(Nc2ccc(C)cc2)nc(Nc2ccc(C)cc2)c(N=Nc2ccccc2C(C)(F)F)c1C. The molecule has 3 heterocycles. The Bertz CT molecular complexity index is 5640. The number of pyridine rings is 2. The van der Waals surface area contributed by atoms with Crippen LogP contribution >= 0.6 is 105 Å². The molecule has 530 valence electrons. The van der Waals surface area contributed by atoms with Crippen LogP contribution in [-0.2, 0) is 5.92 Å². The average molecular weight is 1590 g/mol. The summed E-state index contributed by atoms with van der Waals surface area (Å²) in [6.45, 7) is 15.9. The number of carbonyl (C=O) groups is 6. The maximum absolute atomic E-state index is 14.1. The highest BCUT2D eigenvalue weighted by Crippen LogP contribution is 2.50. The van der Waals surface area contributed by atoms with Gasteiger partial charge in [0.2, 0.25) is 5.69 Å². The lowest BCUT2D eigenvalue weighted by Crippen LogP contribution is -2.30. The fraction of sp³-hybridized carbons (Fsp3) is 0.0854. The van der Waals surface area contributed by atoms with Gasteiger partial charge in [0.1, 0.15) is 17.4 Å². The molecule has 1 atom stereocenters. The maximum Gasteiger partial charge on any atom is 0.272 e. The van der Waals surface area contributed by atoms with Crippen LogP contribution in [0.15, 0.2) is 230 Å². The molecule has 2 aliphatic carbocycles. The van der Waals surface area contributed by atoms with Crippen molar-refractivity contribution in [3.05, 3.63) is 325 Å². The monoisotopic (exact) mass is 1590 g/mol. The highest BCUT2D eigenvalue weighted by atomic mass is 35.5. The largest absolute Gasteiger partial charge is 0.349 e. The predicted octanol–water partition coefficient (Wildman–Crippen LogP) is 25.4. The van der Waals surface area contributed by atoms with Gasteiger partial charge >= 0.3 is 0 Å². The summed E-state index contributed by atoms with van der Waals surface area (Å²) in [6.07, 6.45) is 0. The number of anilines is 5. The number of aromatic nitrogens is 2. The molecule has 0 spiro atoms. The third-order valence-electron chi connectivity index (χ3n) is 17.6. The first-order valence-electron chi connectivity index (χ1n) is 32.5. The summed E-state index contributed by atoms with van der Waals surface area (Å²) in [5.41, 5.74) is 6.71. The number of nitrogens with zero attached hydrogens (tertiary/aromatic N) is 6. The summed E-state index contributed by atoms with van der Waals surface area (Å²) >= 11 is 46.9. The number of para-hydroxylation sites is 1. The van der Waals surface area contributed by atoms with E-state index in [1.54, 1.807) is 50.2 Å². The molecule has 25 heteroatoms. The Morgan fingerprint density at radius 3 is 1.49 bits per heavy atom. The Kier molecular flexibility index (Phi) is 21.7. The Hall–Kier alpha value is -10.1. The molecule has 3 aliphatic rings. The second kappa shape index (κ2) is 31.0. The molecule has 107 heavy (non-hydrogen) atoms. The van der Waals surface area contributed by atoms with Crippen molar-refractivity contribution in [3.63, 3.8) is 0 Å². The number of nitrogens with one attached hydrogen (secondary N) is 2. The van der Waals surface area contributed by atoms with E-state index < -0.39 is 35.2 Å². The molecule has 14 nitrogen and oxygen atoms in total. The number of aryl methyl sites for hydroxylation is 2. The van der Waals surface area contributed by atoms with E-state index >= 15 is 0 Å². The maximum atomic E-state index is 14.1. The molecule has 12 aromatic rings. The highest BCUT2D eigenvalue weighted by molar-refractivity contribution is 7.99. The Labute approximate surface area is 655 Å². The summed E-state index contributed by atoms with van der Waals surface area (Å²) in [5, 5.41) is 14.7. The van der Waals surface area contributed by atoms with Gasteiger partial charge in [-0.25, -0.2) is 28.5 Å². The number of hydrogen-bond donors (Lipinski definition) is 2. The lowest BCUT2D eigenvalue weighted by atomic mass is 9.84. The Morgan fingerprint density at radius 2 is 0.963 bits per heavy atom. The first-order chi connectivity index (χ1) is 51.2. The van der Waals surface area contributed by atoms with Crippen molar-refractivity contribution in [3.8, 4) is 0 Å². The molecule has 0 saturated heterocycles. The number of rotatable bonds is 13. The molecule has 2 N–H and O–H groups in total. The van der Waals surface area contributed by atoms with Gasteiger partial charge in [0, 0.05) is 71.1 Å². The summed E-state index contributed by atoms with van der Waals surface area (Å²) in [5.74, 6) is -6.76. The number of hydrogen-bond acceptors (Lipinski definition) is 14. The van der Waals surface area contributed by atoms with Gasteiger partial charge in [0.05, 0.1) is 86.6 Å². The average Bonchev–Trinajstić information content (AvgIpc) is 1.63. The minimum absolute atomic E-state index is 0.0304. The molecular formula is C82H51Cl7F2N8O6S2. The second-order valence-corrected chi connectivity index (χ2v) is 29.6. The van der Waals surface area contributed by atoms with Crippen molar-refractivity contribution in [1.82, 2.24) is 9.97 Å². The number of imide groups is 1. The standard InChI is InChI=1S/C29H26F2N6.C27H9Cl7N2O4.C26H16O2S2/c1-18-10-14-21(15-11-18)33-27-25(32-5)20(3)26(28(35-27)34-22-16-12-19(2)13-17-22)37-36-24-9-7-6-8-23(24)29(4,30)31;1-7-16(28)12-13(18(30)17(7)29)25(38)11(24(12)37)9-6-5-8-3-2-4-10(23(8)35-9)36-26(39)14-15(27(36)40)20(32)22(34)21(33)19(14)31;27-25-19-13-7-15-21(29-17-9-3-1-4-10-17)23(19)26(28)24-20(25)14-8-16-22(24)30-18-11-5-2-6-12-18/h6-17H,1-4H3,(H2,33,34,35);2-6,11H,1H3;1-16H. The molecule has 1 unspecified atom stereocenters. The van der Waals surface area contributed by atoms with Crippen LogP contribution in [0.2, 0.25) is 35.2 Å². The van der Waals surface area contributed by atoms with Crippen molar-refractivity contribution in [2.75, 3.05) is 15.5 Å². The van der Waals surface area contributed by atoms with Gasteiger partial charge in [-0.15, -0.1) is 10.2 Å². The summed E-state index contributed by atoms with van der Waals surface area (Å²) in [7, 11) is 0. The number of ketones is 4. The van der Waals surface area contributed by atoms with E-state index in [1.807, 2.05) is 147 Å². The van der Waals surface area contributed by atoms with Crippen LogP contribution in [0.3, 0.4) is 0 Å². The second-order valence-electron chi connectivity index (χ2n) is 24.7. The first-order valence-corrected chi connectivity index (χ1v) is 36.7. The van der Waals surface area contributed by atoms with Crippen molar-refractivity contribution in [1.29, 1.82) is 0 Å². The number of Topliss-reactive ketones (excluding diaryl/α,β-unsaturated/α-hetero) is 2. The van der Waals surface area contributed by atoms with Crippen LogP contribution < -0.4 is 15.5 Å². The number of carbonyl (C=O) groups excluding carboxylic acids is 6. The molecule has 0 saturated carbocycles. The van der Waals surface area contributed by atoms with Crippen LogP contribution in [0.25, 0.3) is 15.7 Å². The normalized spacial score (nSPS) is 13.5. The molecule has 0 fully saturated rings. The quantitative estimate of drug-likeness (QED) is 0.0278. The van der Waals surface area contributed by atoms with E-state index in [-0.39, 0.29) is 109 Å². The number of azo groups is 1. The molecule has 0 bridgehead atoms. The number of amides is 2. The number of alkyl halides is 2. The molecule has 2 aromatic heterocycles. The highest BCUT2D eigenvalue weighted by Gasteiger charge is 2.47. The van der Waals surface area contributed by atoms with Crippen LogP contribution in [0, 0.1) is 34.3 Å². The molecule has 0 radical (unpaired) electrons. The van der Waals surface area contributed by atoms with E-state index in [4.69, 9.17) is 87.8 Å². The topological polar surface area (TPSA) is 185 Å². The van der Waals surface area contributed by atoms with Crippen molar-refractivity contribution in [2.45, 2.75) is 66.0 Å². The number of benzene rings is 10. The Balaban J connectivity index is 0.000000143. The van der Waals surface area contributed by atoms with Crippen LogP contribution in [0.4, 0.5) is 54.5 Å². The van der Waals surface area contributed by atoms with Gasteiger partial charge in [-0.05, 0) is 118 Å². The molecular weight excluding hydrogens is 1540 g/mol. The van der Waals surface area contributed by atoms with Gasteiger partial charge in [-0.2, -0.15) is 0 Å². The van der Waals surface area contributed by atoms with E-state index in [0.717, 1.165) is 53.9 Å². The number of halogens is 9. The van der Waals surface area contributed by atoms with Crippen molar-refractivity contribution in [2.24, 2.45) is 10.2 Å². The molecule has 2 amide bonds. The zero-order chi connectivity index (χ0) is 76.0. The van der Waals surface area contributed by atoms with E-state index in [0.29, 0.717) is 50.4 Å². The predicted molar refractivity (Wildman–Crippen MR) is 422 cm³/mol. The van der Waals surface area contributed by atoms with Crippen LogP contribution in [0.5, 0.6) is 0 Å². The van der Waals surface area contributed by atoms with Crippen LogP contribution in [0.1, 0.15) is 120 Å². The van der Waals surface area contributed by atoms with E-state index in [1.165, 1.54) is 53.9 Å². The zero-order valence-electron chi connectivity index (χ0n) is 56.5. The summed E-state index contributed by atoms with van der Waals surface area (Å²) in [4.78, 5) is 98.4. The zero-order valence-corrected chi connectivity index (χ0v) is 63.4. The number of fused-ring (bicyclic) bond motifs is 5. The van der Waals surface area contributed by atoms with Gasteiger partial charge < -0.3 is 10.6 Å². The summed E-state index contributed by atoms with van der Waals surface area (Å²) < 4.78 is 28.3. The fourth-order valence-corrected chi connectivity index (χ4v) is 16.1. The smallest absolute Gasteiger partial charge is 0.272 e. The Morgan fingerprint density at radius 1 is 0.477 bits per heavy atom. The van der Waals surface area contributed by atoms with Gasteiger partial charge in [0.15, 0.2) is 29.0 Å². The van der Waals surface area contributed by atoms with Gasteiger partial charge in [-0.1, -0.05) is 237 Å². The van der Waals surface area contributed by atoms with Crippen molar-refractivity contribution >= 4 is 196 Å².